The molecule has 1 aromatic heterocycles. The van der Waals surface area contributed by atoms with Crippen molar-refractivity contribution in [2.45, 2.75) is 26.2 Å². The second kappa shape index (κ2) is 8.63. The fraction of sp³-hybridized carbons (Fsp3) is 0.500. The van der Waals surface area contributed by atoms with Crippen LogP contribution in [0.5, 0.6) is 11.5 Å². The van der Waals surface area contributed by atoms with Gasteiger partial charge in [-0.1, -0.05) is 6.42 Å². The monoisotopic (exact) mass is 429 g/mol. The van der Waals surface area contributed by atoms with Gasteiger partial charge in [0.15, 0.2) is 11.5 Å². The highest BCUT2D eigenvalue weighted by atomic mass is 32.1. The van der Waals surface area contributed by atoms with Crippen LogP contribution in [0.3, 0.4) is 0 Å². The minimum absolute atomic E-state index is 0.00697. The Bertz CT molecular complexity index is 946. The molecule has 0 radical (unpaired) electrons. The van der Waals surface area contributed by atoms with Crippen LogP contribution in [0, 0.1) is 12.8 Å². The van der Waals surface area contributed by atoms with Crippen molar-refractivity contribution in [3.05, 3.63) is 28.8 Å². The van der Waals surface area contributed by atoms with Crippen molar-refractivity contribution in [1.82, 2.24) is 14.8 Å². The summed E-state index contributed by atoms with van der Waals surface area (Å²) >= 11 is 1.39. The molecule has 160 valence electrons. The van der Waals surface area contributed by atoms with Crippen molar-refractivity contribution in [3.63, 3.8) is 0 Å². The summed E-state index contributed by atoms with van der Waals surface area (Å²) in [5.74, 6) is 1.74. The lowest BCUT2D eigenvalue weighted by molar-refractivity contribution is -0.139. The van der Waals surface area contributed by atoms with E-state index in [-0.39, 0.29) is 17.7 Å². The number of benzene rings is 1. The van der Waals surface area contributed by atoms with Crippen LogP contribution in [-0.4, -0.2) is 67.0 Å². The van der Waals surface area contributed by atoms with E-state index in [1.807, 2.05) is 34.9 Å². The van der Waals surface area contributed by atoms with Crippen LogP contribution in [0.2, 0.25) is 0 Å². The molecule has 1 aromatic carbocycles. The quantitative estimate of drug-likeness (QED) is 0.730. The third-order valence-corrected chi connectivity index (χ3v) is 7.15. The Kier molecular flexibility index (Phi) is 5.94. The molecule has 7 nitrogen and oxygen atoms in total. The minimum Gasteiger partial charge on any atom is -0.493 e. The fourth-order valence-corrected chi connectivity index (χ4v) is 4.91. The summed E-state index contributed by atoms with van der Waals surface area (Å²) in [5.41, 5.74) is 1.61. The Hall–Kier alpha value is -2.61. The molecule has 30 heavy (non-hydrogen) atoms. The third kappa shape index (κ3) is 3.88. The van der Waals surface area contributed by atoms with E-state index >= 15 is 0 Å². The van der Waals surface area contributed by atoms with Crippen molar-refractivity contribution in [1.29, 1.82) is 0 Å². The van der Waals surface area contributed by atoms with E-state index < -0.39 is 0 Å². The number of amides is 2. The summed E-state index contributed by atoms with van der Waals surface area (Å²) in [5, 5.41) is 0.774. The number of piperazine rings is 1. The summed E-state index contributed by atoms with van der Waals surface area (Å²) in [4.78, 5) is 34.6. The van der Waals surface area contributed by atoms with Crippen LogP contribution in [-0.2, 0) is 4.79 Å². The predicted molar refractivity (Wildman–Crippen MR) is 115 cm³/mol. The molecule has 1 saturated heterocycles. The number of hydrogen-bond donors (Lipinski definition) is 0. The molecule has 4 rings (SSSR count). The molecule has 1 aliphatic heterocycles. The van der Waals surface area contributed by atoms with Crippen molar-refractivity contribution >= 4 is 23.2 Å². The van der Waals surface area contributed by atoms with E-state index in [0.717, 1.165) is 35.5 Å². The molecule has 0 bridgehead atoms. The lowest BCUT2D eigenvalue weighted by Gasteiger charge is -2.38. The van der Waals surface area contributed by atoms with Gasteiger partial charge in [0.1, 0.15) is 9.88 Å². The summed E-state index contributed by atoms with van der Waals surface area (Å²) in [6.07, 6.45) is 3.18. The number of rotatable bonds is 5. The smallest absolute Gasteiger partial charge is 0.265 e. The van der Waals surface area contributed by atoms with E-state index in [1.54, 1.807) is 14.2 Å². The predicted octanol–water partition coefficient (Wildman–Crippen LogP) is 3.22. The highest BCUT2D eigenvalue weighted by Gasteiger charge is 2.33. The minimum atomic E-state index is -0.00697. The second-order valence-electron chi connectivity index (χ2n) is 7.75. The zero-order valence-electron chi connectivity index (χ0n) is 17.6. The summed E-state index contributed by atoms with van der Waals surface area (Å²) in [6, 6.07) is 5.62. The average molecular weight is 430 g/mol. The molecular formula is C22H27N3O4S. The molecule has 0 atom stereocenters. The van der Waals surface area contributed by atoms with Gasteiger partial charge in [-0.25, -0.2) is 4.98 Å². The Morgan fingerprint density at radius 1 is 1.03 bits per heavy atom. The molecule has 1 saturated carbocycles. The van der Waals surface area contributed by atoms with E-state index in [1.165, 1.54) is 11.3 Å². The topological polar surface area (TPSA) is 72.0 Å². The maximum atomic E-state index is 13.1. The number of nitrogens with zero attached hydrogens (tertiary/aromatic N) is 3. The lowest BCUT2D eigenvalue weighted by Crippen LogP contribution is -2.52. The first-order chi connectivity index (χ1) is 14.5. The molecule has 8 heteroatoms. The van der Waals surface area contributed by atoms with Gasteiger partial charge in [0.25, 0.3) is 5.91 Å². The Labute approximate surface area is 180 Å². The largest absolute Gasteiger partial charge is 0.493 e. The van der Waals surface area contributed by atoms with Crippen molar-refractivity contribution in [3.8, 4) is 22.1 Å². The van der Waals surface area contributed by atoms with Gasteiger partial charge in [0.2, 0.25) is 5.91 Å². The number of hydrogen-bond acceptors (Lipinski definition) is 6. The Morgan fingerprint density at radius 3 is 2.30 bits per heavy atom. The lowest BCUT2D eigenvalue weighted by atomic mass is 9.84. The van der Waals surface area contributed by atoms with Gasteiger partial charge in [-0.15, -0.1) is 11.3 Å². The molecule has 2 aromatic rings. The number of carbonyl (C=O) groups excluding carboxylic acids is 2. The SMILES string of the molecule is COc1ccc(-c2nc(C)c(C(=O)N3CCN(C(=O)C4CCC4)CC3)s2)cc1OC. The van der Waals surface area contributed by atoms with E-state index in [0.29, 0.717) is 42.6 Å². The molecular weight excluding hydrogens is 402 g/mol. The molecule has 0 N–H and O–H groups in total. The first kappa shape index (κ1) is 20.7. The van der Waals surface area contributed by atoms with Gasteiger partial charge in [0.05, 0.1) is 19.9 Å². The molecule has 2 fully saturated rings. The van der Waals surface area contributed by atoms with Gasteiger partial charge in [-0.3, -0.25) is 9.59 Å². The second-order valence-corrected chi connectivity index (χ2v) is 8.75. The number of aryl methyl sites for hydroxylation is 1. The zero-order valence-corrected chi connectivity index (χ0v) is 18.5. The molecule has 0 unspecified atom stereocenters. The number of aromatic nitrogens is 1. The molecule has 2 aliphatic rings. The normalized spacial score (nSPS) is 16.9. The van der Waals surface area contributed by atoms with Crippen LogP contribution < -0.4 is 9.47 Å². The van der Waals surface area contributed by atoms with Crippen LogP contribution in [0.15, 0.2) is 18.2 Å². The van der Waals surface area contributed by atoms with Crippen LogP contribution in [0.4, 0.5) is 0 Å². The Balaban J connectivity index is 1.45. The highest BCUT2D eigenvalue weighted by molar-refractivity contribution is 7.17. The summed E-state index contributed by atoms with van der Waals surface area (Å²) < 4.78 is 10.7. The highest BCUT2D eigenvalue weighted by Crippen LogP contribution is 2.35. The van der Waals surface area contributed by atoms with E-state index in [4.69, 9.17) is 9.47 Å². The van der Waals surface area contributed by atoms with Crippen molar-refractivity contribution in [2.75, 3.05) is 40.4 Å². The summed E-state index contributed by atoms with van der Waals surface area (Å²) in [6.45, 7) is 4.23. The standard InChI is InChI=1S/C22H27N3O4S/c1-14-19(30-20(23-14)16-7-8-17(28-2)18(13-16)29-3)22(27)25-11-9-24(10-12-25)21(26)15-5-4-6-15/h7-8,13,15H,4-6,9-12H2,1-3H3. The molecule has 2 amide bonds. The van der Waals surface area contributed by atoms with Gasteiger partial charge in [0, 0.05) is 37.7 Å². The first-order valence-corrected chi connectivity index (χ1v) is 11.1. The fourth-order valence-electron chi connectivity index (χ4n) is 3.87. The maximum absolute atomic E-state index is 13.1. The van der Waals surface area contributed by atoms with Gasteiger partial charge < -0.3 is 19.3 Å². The van der Waals surface area contributed by atoms with Gasteiger partial charge in [-0.05, 0) is 38.0 Å². The number of thiazole rings is 1. The average Bonchev–Trinajstić information content (AvgIpc) is 3.13. The summed E-state index contributed by atoms with van der Waals surface area (Å²) in [7, 11) is 3.19. The van der Waals surface area contributed by atoms with Crippen LogP contribution in [0.25, 0.3) is 10.6 Å². The number of carbonyl (C=O) groups is 2. The number of methoxy groups -OCH3 is 2. The van der Waals surface area contributed by atoms with Gasteiger partial charge >= 0.3 is 0 Å². The Morgan fingerprint density at radius 2 is 1.70 bits per heavy atom. The molecule has 0 spiro atoms. The maximum Gasteiger partial charge on any atom is 0.265 e. The zero-order chi connectivity index (χ0) is 21.3. The van der Waals surface area contributed by atoms with Crippen LogP contribution >= 0.6 is 11.3 Å². The van der Waals surface area contributed by atoms with Crippen molar-refractivity contribution < 1.29 is 19.1 Å². The van der Waals surface area contributed by atoms with E-state index in [9.17, 15) is 9.59 Å². The van der Waals surface area contributed by atoms with Crippen LogP contribution in [0.1, 0.15) is 34.6 Å². The molecule has 1 aliphatic carbocycles. The third-order valence-electron chi connectivity index (χ3n) is 5.95. The molecule has 2 heterocycles. The first-order valence-electron chi connectivity index (χ1n) is 10.3. The van der Waals surface area contributed by atoms with Gasteiger partial charge in [-0.2, -0.15) is 0 Å². The van der Waals surface area contributed by atoms with Crippen molar-refractivity contribution in [2.24, 2.45) is 5.92 Å². The van der Waals surface area contributed by atoms with E-state index in [2.05, 4.69) is 4.98 Å². The number of ether oxygens (including phenoxy) is 2.